The van der Waals surface area contributed by atoms with Crippen LogP contribution in [0.1, 0.15) is 35.7 Å². The zero-order chi connectivity index (χ0) is 21.6. The van der Waals surface area contributed by atoms with E-state index in [1.807, 2.05) is 50.2 Å². The molecule has 2 rings (SSSR count). The highest BCUT2D eigenvalue weighted by atomic mass is 127. The number of rotatable bonds is 12. The Labute approximate surface area is 203 Å². The standard InChI is InChI=1S/C22H37N5O3.HI/c1-4-23-22(25-10-6-13-30-20-9-14-29-17-20)26-16-18-7-5-8-19(15-18)21(28)24-11-12-27(2)3;/h5,7-8,15,20H,4,6,9-14,16-17H2,1-3H3,(H,24,28)(H2,23,25,26);1H. The molecule has 1 heterocycles. The van der Waals surface area contributed by atoms with Crippen molar-refractivity contribution < 1.29 is 14.3 Å². The van der Waals surface area contributed by atoms with Crippen molar-refractivity contribution in [3.05, 3.63) is 35.4 Å². The summed E-state index contributed by atoms with van der Waals surface area (Å²) in [5.41, 5.74) is 1.66. The van der Waals surface area contributed by atoms with E-state index in [-0.39, 0.29) is 36.0 Å². The van der Waals surface area contributed by atoms with Gasteiger partial charge in [0.05, 0.1) is 19.3 Å². The lowest BCUT2D eigenvalue weighted by atomic mass is 10.1. The van der Waals surface area contributed by atoms with Crippen LogP contribution in [-0.2, 0) is 16.0 Å². The summed E-state index contributed by atoms with van der Waals surface area (Å²) in [6, 6.07) is 7.62. The Morgan fingerprint density at radius 2 is 2.10 bits per heavy atom. The molecule has 9 heteroatoms. The molecule has 1 fully saturated rings. The zero-order valence-corrected chi connectivity index (χ0v) is 21.3. The molecule has 31 heavy (non-hydrogen) atoms. The van der Waals surface area contributed by atoms with Crippen LogP contribution in [0.25, 0.3) is 0 Å². The third kappa shape index (κ3) is 11.7. The number of likely N-dealkylation sites (N-methyl/N-ethyl adjacent to an activating group) is 1. The SMILES string of the molecule is CCNC(=NCc1cccc(C(=O)NCCN(C)C)c1)NCCCOC1CCOC1.I. The van der Waals surface area contributed by atoms with Crippen LogP contribution in [0.2, 0.25) is 0 Å². The molecule has 0 radical (unpaired) electrons. The minimum Gasteiger partial charge on any atom is -0.379 e. The Morgan fingerprint density at radius 3 is 2.81 bits per heavy atom. The first-order valence-electron chi connectivity index (χ1n) is 10.8. The van der Waals surface area contributed by atoms with E-state index in [0.717, 1.165) is 50.6 Å². The average Bonchev–Trinajstić information content (AvgIpc) is 3.25. The lowest BCUT2D eigenvalue weighted by Gasteiger charge is -2.13. The number of guanidine groups is 1. The highest BCUT2D eigenvalue weighted by molar-refractivity contribution is 14.0. The average molecular weight is 547 g/mol. The van der Waals surface area contributed by atoms with Gasteiger partial charge in [-0.05, 0) is 51.6 Å². The molecule has 1 aliphatic heterocycles. The fourth-order valence-corrected chi connectivity index (χ4v) is 2.99. The maximum atomic E-state index is 12.3. The number of nitrogens with zero attached hydrogens (tertiary/aromatic N) is 2. The molecule has 1 aromatic carbocycles. The Hall–Kier alpha value is -1.43. The second-order valence-electron chi connectivity index (χ2n) is 7.59. The predicted molar refractivity (Wildman–Crippen MR) is 135 cm³/mol. The van der Waals surface area contributed by atoms with Gasteiger partial charge in [-0.3, -0.25) is 4.79 Å². The summed E-state index contributed by atoms with van der Waals surface area (Å²) in [4.78, 5) is 19.0. The van der Waals surface area contributed by atoms with Crippen LogP contribution in [0.15, 0.2) is 29.3 Å². The second kappa shape index (κ2) is 16.2. The minimum atomic E-state index is -0.0552. The summed E-state index contributed by atoms with van der Waals surface area (Å²) in [7, 11) is 3.97. The van der Waals surface area contributed by atoms with Crippen molar-refractivity contribution in [3.63, 3.8) is 0 Å². The van der Waals surface area contributed by atoms with Gasteiger partial charge < -0.3 is 30.3 Å². The van der Waals surface area contributed by atoms with Crippen molar-refractivity contribution in [2.45, 2.75) is 32.4 Å². The fourth-order valence-electron chi connectivity index (χ4n) is 2.99. The smallest absolute Gasteiger partial charge is 0.251 e. The van der Waals surface area contributed by atoms with Crippen molar-refractivity contribution in [1.82, 2.24) is 20.9 Å². The summed E-state index contributed by atoms with van der Waals surface area (Å²) in [5, 5.41) is 9.53. The molecule has 0 saturated carbocycles. The maximum absolute atomic E-state index is 12.3. The van der Waals surface area contributed by atoms with Crippen LogP contribution in [-0.4, -0.2) is 83.0 Å². The molecule has 1 aromatic rings. The number of ether oxygens (including phenoxy) is 2. The monoisotopic (exact) mass is 547 g/mol. The van der Waals surface area contributed by atoms with Crippen LogP contribution in [0.4, 0.5) is 0 Å². The Bertz CT molecular complexity index is 666. The molecule has 1 unspecified atom stereocenters. The first-order valence-corrected chi connectivity index (χ1v) is 10.8. The fraction of sp³-hybridized carbons (Fsp3) is 0.636. The summed E-state index contributed by atoms with van der Waals surface area (Å²) >= 11 is 0. The van der Waals surface area contributed by atoms with Crippen molar-refractivity contribution in [1.29, 1.82) is 0 Å². The molecule has 1 saturated heterocycles. The van der Waals surface area contributed by atoms with Crippen molar-refractivity contribution >= 4 is 35.8 Å². The van der Waals surface area contributed by atoms with E-state index in [0.29, 0.717) is 31.9 Å². The first-order chi connectivity index (χ1) is 14.6. The molecule has 1 aliphatic rings. The van der Waals surface area contributed by atoms with Crippen LogP contribution in [0.3, 0.4) is 0 Å². The molecule has 3 N–H and O–H groups in total. The van der Waals surface area contributed by atoms with Crippen molar-refractivity contribution in [2.24, 2.45) is 4.99 Å². The molecule has 176 valence electrons. The normalized spacial score (nSPS) is 16.1. The lowest BCUT2D eigenvalue weighted by Crippen LogP contribution is -2.38. The largest absolute Gasteiger partial charge is 0.379 e. The zero-order valence-electron chi connectivity index (χ0n) is 19.0. The number of halogens is 1. The van der Waals surface area contributed by atoms with E-state index in [4.69, 9.17) is 9.47 Å². The van der Waals surface area contributed by atoms with E-state index in [9.17, 15) is 4.79 Å². The number of nitrogens with one attached hydrogen (secondary N) is 3. The number of aliphatic imine (C=N–C) groups is 1. The topological polar surface area (TPSA) is 87.2 Å². The maximum Gasteiger partial charge on any atom is 0.251 e. The van der Waals surface area contributed by atoms with Crippen LogP contribution < -0.4 is 16.0 Å². The van der Waals surface area contributed by atoms with Crippen molar-refractivity contribution in [2.75, 3.05) is 60.1 Å². The minimum absolute atomic E-state index is 0. The Kier molecular flexibility index (Phi) is 14.5. The van der Waals surface area contributed by atoms with E-state index in [1.165, 1.54) is 0 Å². The lowest BCUT2D eigenvalue weighted by molar-refractivity contribution is 0.0420. The van der Waals surface area contributed by atoms with Gasteiger partial charge in [-0.25, -0.2) is 4.99 Å². The van der Waals surface area contributed by atoms with E-state index in [2.05, 4.69) is 20.9 Å². The van der Waals surface area contributed by atoms with Gasteiger partial charge in [0.1, 0.15) is 0 Å². The van der Waals surface area contributed by atoms with Gasteiger partial charge in [0.2, 0.25) is 0 Å². The first kappa shape index (κ1) is 27.6. The molecular formula is C22H38IN5O3. The predicted octanol–water partition coefficient (Wildman–Crippen LogP) is 1.85. The van der Waals surface area contributed by atoms with Gasteiger partial charge in [0, 0.05) is 45.0 Å². The van der Waals surface area contributed by atoms with Gasteiger partial charge in [-0.1, -0.05) is 12.1 Å². The summed E-state index contributed by atoms with van der Waals surface area (Å²) in [6.07, 6.45) is 2.15. The number of hydrogen-bond acceptors (Lipinski definition) is 5. The van der Waals surface area contributed by atoms with Gasteiger partial charge in [-0.15, -0.1) is 24.0 Å². The Morgan fingerprint density at radius 1 is 1.26 bits per heavy atom. The van der Waals surface area contributed by atoms with Gasteiger partial charge in [0.25, 0.3) is 5.91 Å². The van der Waals surface area contributed by atoms with Crippen LogP contribution >= 0.6 is 24.0 Å². The molecule has 0 spiro atoms. The molecule has 1 amide bonds. The summed E-state index contributed by atoms with van der Waals surface area (Å²) in [6.45, 7) is 7.79. The quantitative estimate of drug-likeness (QED) is 0.160. The number of hydrogen-bond donors (Lipinski definition) is 3. The number of amides is 1. The number of carbonyl (C=O) groups is 1. The molecule has 0 aliphatic carbocycles. The van der Waals surface area contributed by atoms with Gasteiger partial charge >= 0.3 is 0 Å². The van der Waals surface area contributed by atoms with Crippen molar-refractivity contribution in [3.8, 4) is 0 Å². The third-order valence-electron chi connectivity index (χ3n) is 4.65. The number of carbonyl (C=O) groups excluding carboxylic acids is 1. The summed E-state index contributed by atoms with van der Waals surface area (Å²) in [5.74, 6) is 0.711. The van der Waals surface area contributed by atoms with E-state index >= 15 is 0 Å². The highest BCUT2D eigenvalue weighted by Gasteiger charge is 2.15. The molecule has 1 atom stereocenters. The molecular weight excluding hydrogens is 509 g/mol. The van der Waals surface area contributed by atoms with Crippen LogP contribution in [0, 0.1) is 0 Å². The highest BCUT2D eigenvalue weighted by Crippen LogP contribution is 2.08. The van der Waals surface area contributed by atoms with Crippen LogP contribution in [0.5, 0.6) is 0 Å². The van der Waals surface area contributed by atoms with E-state index in [1.54, 1.807) is 0 Å². The summed E-state index contributed by atoms with van der Waals surface area (Å²) < 4.78 is 11.1. The second-order valence-corrected chi connectivity index (χ2v) is 7.59. The number of benzene rings is 1. The van der Waals surface area contributed by atoms with Gasteiger partial charge in [-0.2, -0.15) is 0 Å². The molecule has 0 bridgehead atoms. The van der Waals surface area contributed by atoms with E-state index < -0.39 is 0 Å². The third-order valence-corrected chi connectivity index (χ3v) is 4.65. The Balaban J connectivity index is 0.00000480. The van der Waals surface area contributed by atoms with Gasteiger partial charge in [0.15, 0.2) is 5.96 Å². The molecule has 0 aromatic heterocycles. The molecule has 8 nitrogen and oxygen atoms in total.